The van der Waals surface area contributed by atoms with Gasteiger partial charge in [-0.3, -0.25) is 14.9 Å². The Bertz CT molecular complexity index is 849. The minimum atomic E-state index is -0.823. The zero-order chi connectivity index (χ0) is 18.6. The van der Waals surface area contributed by atoms with E-state index in [1.807, 2.05) is 0 Å². The third-order valence-corrected chi connectivity index (χ3v) is 3.75. The highest BCUT2D eigenvalue weighted by Gasteiger charge is 2.17. The van der Waals surface area contributed by atoms with Crippen LogP contribution in [0.3, 0.4) is 0 Å². The number of nitrogens with zero attached hydrogens (tertiary/aromatic N) is 1. The number of nitro benzene ring substituents is 1. The molecule has 0 aliphatic heterocycles. The molecular weight excluding hydrogens is 350 g/mol. The molecule has 0 amide bonds. The topological polar surface area (TPSA) is 95.7 Å². The van der Waals surface area contributed by atoms with Crippen LogP contribution in [0.25, 0.3) is 0 Å². The molecule has 0 radical (unpaired) electrons. The molecule has 2 aromatic rings. The maximum Gasteiger partial charge on any atom is 0.338 e. The van der Waals surface area contributed by atoms with Crippen LogP contribution in [-0.4, -0.2) is 30.4 Å². The average Bonchev–Trinajstić information content (AvgIpc) is 2.59. The number of ketones is 1. The van der Waals surface area contributed by atoms with E-state index in [0.717, 1.165) is 6.07 Å². The van der Waals surface area contributed by atoms with E-state index in [1.54, 1.807) is 6.92 Å². The van der Waals surface area contributed by atoms with E-state index in [1.165, 1.54) is 37.4 Å². The van der Waals surface area contributed by atoms with Crippen molar-refractivity contribution in [1.82, 2.24) is 0 Å². The van der Waals surface area contributed by atoms with Gasteiger partial charge in [0.1, 0.15) is 5.75 Å². The number of carbonyl (C=O) groups excluding carboxylic acids is 2. The Morgan fingerprint density at radius 2 is 1.84 bits per heavy atom. The molecule has 7 nitrogen and oxygen atoms in total. The summed E-state index contributed by atoms with van der Waals surface area (Å²) in [7, 11) is 1.45. The van der Waals surface area contributed by atoms with Gasteiger partial charge in [0.15, 0.2) is 12.4 Å². The Kier molecular flexibility index (Phi) is 5.71. The molecule has 0 bridgehead atoms. The number of halogens is 1. The summed E-state index contributed by atoms with van der Waals surface area (Å²) in [6.07, 6.45) is 0. The SMILES string of the molecule is COc1ccc(C(=O)COC(=O)c2ccc(C)c([N+](=O)[O-])c2)cc1Cl. The average molecular weight is 364 g/mol. The number of esters is 1. The van der Waals surface area contributed by atoms with E-state index in [2.05, 4.69) is 0 Å². The normalized spacial score (nSPS) is 10.2. The van der Waals surface area contributed by atoms with Crippen LogP contribution in [0.4, 0.5) is 5.69 Å². The minimum Gasteiger partial charge on any atom is -0.495 e. The van der Waals surface area contributed by atoms with E-state index >= 15 is 0 Å². The summed E-state index contributed by atoms with van der Waals surface area (Å²) in [6, 6.07) is 8.40. The number of nitro groups is 1. The molecule has 0 saturated heterocycles. The van der Waals surface area contributed by atoms with Crippen LogP contribution in [-0.2, 0) is 4.74 Å². The number of methoxy groups -OCH3 is 1. The molecule has 0 N–H and O–H groups in total. The third-order valence-electron chi connectivity index (χ3n) is 3.45. The maximum absolute atomic E-state index is 12.1. The number of benzene rings is 2. The Labute approximate surface area is 148 Å². The monoisotopic (exact) mass is 363 g/mol. The molecule has 0 heterocycles. The first-order chi connectivity index (χ1) is 11.8. The first-order valence-electron chi connectivity index (χ1n) is 7.12. The summed E-state index contributed by atoms with van der Waals surface area (Å²) in [5.41, 5.74) is 0.486. The van der Waals surface area contributed by atoms with Crippen molar-refractivity contribution >= 4 is 29.0 Å². The second kappa shape index (κ2) is 7.76. The number of ether oxygens (including phenoxy) is 2. The lowest BCUT2D eigenvalue weighted by molar-refractivity contribution is -0.385. The van der Waals surface area contributed by atoms with Crippen LogP contribution in [0, 0.1) is 17.0 Å². The molecule has 2 rings (SSSR count). The van der Waals surface area contributed by atoms with Gasteiger partial charge in [0.05, 0.1) is 22.6 Å². The smallest absolute Gasteiger partial charge is 0.338 e. The van der Waals surface area contributed by atoms with Crippen LogP contribution in [0.2, 0.25) is 5.02 Å². The lowest BCUT2D eigenvalue weighted by Gasteiger charge is -2.07. The molecule has 25 heavy (non-hydrogen) atoms. The predicted octanol–water partition coefficient (Wildman–Crippen LogP) is 3.60. The molecule has 8 heteroatoms. The molecule has 130 valence electrons. The second-order valence-electron chi connectivity index (χ2n) is 5.11. The van der Waals surface area contributed by atoms with Gasteiger partial charge in [-0.2, -0.15) is 0 Å². The van der Waals surface area contributed by atoms with Crippen LogP contribution >= 0.6 is 11.6 Å². The molecule has 2 aromatic carbocycles. The van der Waals surface area contributed by atoms with Gasteiger partial charge >= 0.3 is 5.97 Å². The Morgan fingerprint density at radius 3 is 2.44 bits per heavy atom. The zero-order valence-corrected chi connectivity index (χ0v) is 14.2. The van der Waals surface area contributed by atoms with Crippen LogP contribution < -0.4 is 4.74 Å². The molecule has 0 spiro atoms. The standard InChI is InChI=1S/C17H14ClNO6/c1-10-3-4-12(8-14(10)19(22)23)17(21)25-9-15(20)11-5-6-16(24-2)13(18)7-11/h3-8H,9H2,1-2H3. The minimum absolute atomic E-state index is 0.00198. The predicted molar refractivity (Wildman–Crippen MR) is 90.5 cm³/mol. The van der Waals surface area contributed by atoms with Crippen molar-refractivity contribution in [3.63, 3.8) is 0 Å². The lowest BCUT2D eigenvalue weighted by atomic mass is 10.1. The van der Waals surface area contributed by atoms with Gasteiger partial charge in [0.25, 0.3) is 5.69 Å². The molecule has 0 aliphatic carbocycles. The highest BCUT2D eigenvalue weighted by molar-refractivity contribution is 6.32. The van der Waals surface area contributed by atoms with Gasteiger partial charge in [-0.1, -0.05) is 17.7 Å². The summed E-state index contributed by atoms with van der Waals surface area (Å²) in [4.78, 5) is 34.4. The molecule has 0 unspecified atom stereocenters. The van der Waals surface area contributed by atoms with Crippen LogP contribution in [0.1, 0.15) is 26.3 Å². The van der Waals surface area contributed by atoms with E-state index in [0.29, 0.717) is 11.3 Å². The quantitative estimate of drug-likeness (QED) is 0.336. The Morgan fingerprint density at radius 1 is 1.16 bits per heavy atom. The lowest BCUT2D eigenvalue weighted by Crippen LogP contribution is -2.14. The van der Waals surface area contributed by atoms with Gasteiger partial charge in [-0.15, -0.1) is 0 Å². The highest BCUT2D eigenvalue weighted by atomic mass is 35.5. The fraction of sp³-hybridized carbons (Fsp3) is 0.176. The van der Waals surface area contributed by atoms with Crippen molar-refractivity contribution < 1.29 is 24.0 Å². The molecule has 0 fully saturated rings. The largest absolute Gasteiger partial charge is 0.495 e. The van der Waals surface area contributed by atoms with E-state index in [9.17, 15) is 19.7 Å². The number of hydrogen-bond acceptors (Lipinski definition) is 6. The molecule has 0 aliphatic rings. The summed E-state index contributed by atoms with van der Waals surface area (Å²) in [5.74, 6) is -0.863. The van der Waals surface area contributed by atoms with Gasteiger partial charge in [-0.25, -0.2) is 4.79 Å². The summed E-state index contributed by atoms with van der Waals surface area (Å²) in [5, 5.41) is 11.2. The van der Waals surface area contributed by atoms with Crippen molar-refractivity contribution in [2.24, 2.45) is 0 Å². The van der Waals surface area contributed by atoms with Crippen molar-refractivity contribution in [1.29, 1.82) is 0 Å². The Hall–Kier alpha value is -2.93. The second-order valence-corrected chi connectivity index (χ2v) is 5.51. The number of Topliss-reactive ketones (excluding diaryl/α,β-unsaturated/α-hetero) is 1. The highest BCUT2D eigenvalue weighted by Crippen LogP contribution is 2.25. The fourth-order valence-electron chi connectivity index (χ4n) is 2.07. The Balaban J connectivity index is 2.07. The molecular formula is C17H14ClNO6. The van der Waals surface area contributed by atoms with E-state index < -0.39 is 23.3 Å². The van der Waals surface area contributed by atoms with E-state index in [-0.39, 0.29) is 21.8 Å². The summed E-state index contributed by atoms with van der Waals surface area (Å²) in [6.45, 7) is 1.05. The number of rotatable bonds is 6. The third kappa shape index (κ3) is 4.33. The van der Waals surface area contributed by atoms with Crippen molar-refractivity contribution in [2.45, 2.75) is 6.92 Å². The number of carbonyl (C=O) groups is 2. The fourth-order valence-corrected chi connectivity index (χ4v) is 2.33. The van der Waals surface area contributed by atoms with Crippen molar-refractivity contribution in [3.05, 3.63) is 68.2 Å². The molecule has 0 aromatic heterocycles. The van der Waals surface area contributed by atoms with Gasteiger partial charge in [-0.05, 0) is 31.2 Å². The maximum atomic E-state index is 12.1. The van der Waals surface area contributed by atoms with Crippen molar-refractivity contribution in [2.75, 3.05) is 13.7 Å². The zero-order valence-electron chi connectivity index (χ0n) is 13.4. The summed E-state index contributed by atoms with van der Waals surface area (Å²) >= 11 is 5.95. The van der Waals surface area contributed by atoms with E-state index in [4.69, 9.17) is 21.1 Å². The first kappa shape index (κ1) is 18.4. The number of aryl methyl sites for hydroxylation is 1. The number of hydrogen-bond donors (Lipinski definition) is 0. The summed E-state index contributed by atoms with van der Waals surface area (Å²) < 4.78 is 9.92. The van der Waals surface area contributed by atoms with Gasteiger partial charge < -0.3 is 9.47 Å². The van der Waals surface area contributed by atoms with Crippen molar-refractivity contribution in [3.8, 4) is 5.75 Å². The van der Waals surface area contributed by atoms with Gasteiger partial charge in [0, 0.05) is 17.2 Å². The first-order valence-corrected chi connectivity index (χ1v) is 7.50. The van der Waals surface area contributed by atoms with Crippen LogP contribution in [0.15, 0.2) is 36.4 Å². The van der Waals surface area contributed by atoms with Gasteiger partial charge in [0.2, 0.25) is 0 Å². The van der Waals surface area contributed by atoms with Crippen LogP contribution in [0.5, 0.6) is 5.75 Å². The molecule has 0 atom stereocenters. The molecule has 0 saturated carbocycles.